The van der Waals surface area contributed by atoms with E-state index < -0.39 is 6.10 Å². The van der Waals surface area contributed by atoms with Gasteiger partial charge in [0.1, 0.15) is 13.2 Å². The van der Waals surface area contributed by atoms with Crippen LogP contribution in [0.2, 0.25) is 0 Å². The van der Waals surface area contributed by atoms with E-state index in [0.717, 1.165) is 96.3 Å². The maximum Gasteiger partial charge on any atom is 0.306 e. The summed E-state index contributed by atoms with van der Waals surface area (Å²) in [7, 11) is 0. The fourth-order valence-corrected chi connectivity index (χ4v) is 7.05. The van der Waals surface area contributed by atoms with Crippen molar-refractivity contribution in [1.29, 1.82) is 0 Å². The summed E-state index contributed by atoms with van der Waals surface area (Å²) in [6, 6.07) is 0. The first-order valence-electron chi connectivity index (χ1n) is 25.1. The normalized spacial score (nSPS) is 12.4. The smallest absolute Gasteiger partial charge is 0.306 e. The summed E-state index contributed by atoms with van der Waals surface area (Å²) in [6.45, 7) is 6.46. The molecule has 0 heterocycles. The van der Waals surface area contributed by atoms with E-state index in [2.05, 4.69) is 69.4 Å². The molecule has 6 heteroatoms. The molecule has 1 atom stereocenters. The zero-order valence-electron chi connectivity index (χ0n) is 39.0. The van der Waals surface area contributed by atoms with Gasteiger partial charge in [0.15, 0.2) is 6.10 Å². The highest BCUT2D eigenvalue weighted by atomic mass is 16.6. The van der Waals surface area contributed by atoms with Crippen LogP contribution in [0.3, 0.4) is 0 Å². The first-order chi connectivity index (χ1) is 29.0. The molecular formula is C53H94O6. The second kappa shape index (κ2) is 48.0. The summed E-state index contributed by atoms with van der Waals surface area (Å²) in [4.78, 5) is 37.9. The predicted molar refractivity (Wildman–Crippen MR) is 252 cm³/mol. The summed E-state index contributed by atoms with van der Waals surface area (Å²) in [5.41, 5.74) is 0. The molecule has 6 nitrogen and oxygen atoms in total. The lowest BCUT2D eigenvalue weighted by Crippen LogP contribution is -2.30. The van der Waals surface area contributed by atoms with Crippen LogP contribution in [-0.2, 0) is 28.6 Å². The summed E-state index contributed by atoms with van der Waals surface area (Å²) in [6.07, 6.45) is 56.6. The average Bonchev–Trinajstić information content (AvgIpc) is 3.23. The number of hydrogen-bond donors (Lipinski definition) is 0. The zero-order chi connectivity index (χ0) is 43.0. The Bertz CT molecular complexity index is 1040. The van der Waals surface area contributed by atoms with Crippen molar-refractivity contribution in [2.75, 3.05) is 13.2 Å². The van der Waals surface area contributed by atoms with Gasteiger partial charge in [-0.25, -0.2) is 0 Å². The van der Waals surface area contributed by atoms with Gasteiger partial charge in [-0.3, -0.25) is 14.4 Å². The van der Waals surface area contributed by atoms with Crippen molar-refractivity contribution in [1.82, 2.24) is 0 Å². The molecule has 0 aromatic carbocycles. The van der Waals surface area contributed by atoms with Crippen LogP contribution in [0.15, 0.2) is 48.6 Å². The van der Waals surface area contributed by atoms with Crippen molar-refractivity contribution in [2.45, 2.75) is 258 Å². The maximum atomic E-state index is 12.8. The summed E-state index contributed by atoms with van der Waals surface area (Å²) >= 11 is 0. The quantitative estimate of drug-likeness (QED) is 0.0263. The van der Waals surface area contributed by atoms with Gasteiger partial charge in [0, 0.05) is 19.3 Å². The fraction of sp³-hybridized carbons (Fsp3) is 0.792. The molecule has 0 radical (unpaired) electrons. The Balaban J connectivity index is 4.34. The van der Waals surface area contributed by atoms with Crippen molar-refractivity contribution in [3.05, 3.63) is 48.6 Å². The molecule has 0 N–H and O–H groups in total. The van der Waals surface area contributed by atoms with Gasteiger partial charge in [-0.2, -0.15) is 0 Å². The number of ether oxygens (including phenoxy) is 3. The van der Waals surface area contributed by atoms with E-state index in [1.165, 1.54) is 116 Å². The van der Waals surface area contributed by atoms with Crippen molar-refractivity contribution in [3.63, 3.8) is 0 Å². The van der Waals surface area contributed by atoms with Crippen LogP contribution in [0.1, 0.15) is 252 Å². The molecule has 0 saturated carbocycles. The molecule has 0 aromatic rings. The molecule has 0 fully saturated rings. The van der Waals surface area contributed by atoms with E-state index in [0.29, 0.717) is 19.3 Å². The Morgan fingerprint density at radius 3 is 1.12 bits per heavy atom. The number of hydrogen-bond acceptors (Lipinski definition) is 6. The van der Waals surface area contributed by atoms with Gasteiger partial charge < -0.3 is 14.2 Å². The molecule has 0 aliphatic heterocycles. The van der Waals surface area contributed by atoms with Gasteiger partial charge in [0.05, 0.1) is 0 Å². The van der Waals surface area contributed by atoms with Gasteiger partial charge in [0.25, 0.3) is 0 Å². The maximum absolute atomic E-state index is 12.8. The van der Waals surface area contributed by atoms with Gasteiger partial charge in [-0.15, -0.1) is 0 Å². The molecule has 0 rings (SSSR count). The first-order valence-corrected chi connectivity index (χ1v) is 25.1. The monoisotopic (exact) mass is 827 g/mol. The van der Waals surface area contributed by atoms with Crippen LogP contribution >= 0.6 is 0 Å². The third kappa shape index (κ3) is 46.3. The highest BCUT2D eigenvalue weighted by Crippen LogP contribution is 2.15. The van der Waals surface area contributed by atoms with E-state index in [9.17, 15) is 14.4 Å². The van der Waals surface area contributed by atoms with Crippen molar-refractivity contribution in [2.24, 2.45) is 0 Å². The molecule has 342 valence electrons. The van der Waals surface area contributed by atoms with Crippen LogP contribution in [-0.4, -0.2) is 37.2 Å². The molecule has 0 aliphatic carbocycles. The second-order valence-electron chi connectivity index (χ2n) is 16.7. The minimum atomic E-state index is -0.776. The number of carbonyl (C=O) groups excluding carboxylic acids is 3. The number of carbonyl (C=O) groups is 3. The number of unbranched alkanes of at least 4 members (excludes halogenated alkanes) is 26. The average molecular weight is 827 g/mol. The SMILES string of the molecule is CC/C=C\C/C=C\C/C=C\CCCCCCCCCC(=O)OCC(COC(=O)CCCCCCC/C=C\CCC)OC(=O)CCCCCCCCCCCCCCCC. The molecule has 0 spiro atoms. The first kappa shape index (κ1) is 56.4. The molecule has 0 aromatic heterocycles. The molecule has 59 heavy (non-hydrogen) atoms. The van der Waals surface area contributed by atoms with Crippen molar-refractivity contribution >= 4 is 17.9 Å². The Kier molecular flexibility index (Phi) is 45.9. The lowest BCUT2D eigenvalue weighted by Gasteiger charge is -2.18. The van der Waals surface area contributed by atoms with E-state index >= 15 is 0 Å². The van der Waals surface area contributed by atoms with Crippen molar-refractivity contribution < 1.29 is 28.6 Å². The van der Waals surface area contributed by atoms with Crippen LogP contribution in [0.4, 0.5) is 0 Å². The van der Waals surface area contributed by atoms with Crippen LogP contribution in [0.25, 0.3) is 0 Å². The Hall–Kier alpha value is -2.63. The topological polar surface area (TPSA) is 78.9 Å². The Morgan fingerprint density at radius 2 is 0.695 bits per heavy atom. The van der Waals surface area contributed by atoms with E-state index in [1.807, 2.05) is 0 Å². The minimum Gasteiger partial charge on any atom is -0.462 e. The fourth-order valence-electron chi connectivity index (χ4n) is 7.05. The molecule has 0 aliphatic rings. The van der Waals surface area contributed by atoms with E-state index in [4.69, 9.17) is 14.2 Å². The highest BCUT2D eigenvalue weighted by Gasteiger charge is 2.19. The molecule has 0 saturated heterocycles. The van der Waals surface area contributed by atoms with Crippen LogP contribution in [0.5, 0.6) is 0 Å². The minimum absolute atomic E-state index is 0.0789. The zero-order valence-corrected chi connectivity index (χ0v) is 39.0. The molecule has 0 amide bonds. The second-order valence-corrected chi connectivity index (χ2v) is 16.7. The lowest BCUT2D eigenvalue weighted by atomic mass is 10.0. The largest absolute Gasteiger partial charge is 0.462 e. The van der Waals surface area contributed by atoms with Gasteiger partial charge in [0.2, 0.25) is 0 Å². The molecular weight excluding hydrogens is 733 g/mol. The highest BCUT2D eigenvalue weighted by molar-refractivity contribution is 5.71. The molecule has 1 unspecified atom stereocenters. The Labute approximate surface area is 365 Å². The van der Waals surface area contributed by atoms with Gasteiger partial charge in [-0.1, -0.05) is 211 Å². The van der Waals surface area contributed by atoms with Gasteiger partial charge in [-0.05, 0) is 70.6 Å². The number of esters is 3. The summed E-state index contributed by atoms with van der Waals surface area (Å²) < 4.78 is 16.8. The van der Waals surface area contributed by atoms with Crippen LogP contribution < -0.4 is 0 Å². The molecule has 0 bridgehead atoms. The van der Waals surface area contributed by atoms with Crippen molar-refractivity contribution in [3.8, 4) is 0 Å². The van der Waals surface area contributed by atoms with E-state index in [1.54, 1.807) is 0 Å². The Morgan fingerprint density at radius 1 is 0.356 bits per heavy atom. The predicted octanol–water partition coefficient (Wildman–Crippen LogP) is 16.3. The summed E-state index contributed by atoms with van der Waals surface area (Å²) in [5.74, 6) is -0.892. The van der Waals surface area contributed by atoms with Gasteiger partial charge >= 0.3 is 17.9 Å². The van der Waals surface area contributed by atoms with Crippen LogP contribution in [0, 0.1) is 0 Å². The number of rotatable bonds is 45. The standard InChI is InChI=1S/C53H94O6/c1-4-7-10-13-16-19-22-24-26-27-28-30-31-34-37-40-43-46-52(55)58-49-50(48-57-51(54)45-42-39-36-33-21-18-15-12-9-6-3)59-53(56)47-44-41-38-35-32-29-25-23-20-17-14-11-8-5-2/h7,10,12,15-16,19,24,26,50H,4-6,8-9,11,13-14,17-18,20-23,25,27-49H2,1-3H3/b10-7-,15-12-,19-16-,26-24-. The third-order valence-corrected chi connectivity index (χ3v) is 10.8. The lowest BCUT2D eigenvalue weighted by molar-refractivity contribution is -0.167. The number of allylic oxidation sites excluding steroid dienone is 8. The third-order valence-electron chi connectivity index (χ3n) is 10.8. The summed E-state index contributed by atoms with van der Waals surface area (Å²) in [5, 5.41) is 0. The van der Waals surface area contributed by atoms with E-state index in [-0.39, 0.29) is 31.1 Å².